The van der Waals surface area contributed by atoms with E-state index in [2.05, 4.69) is 10.3 Å². The third-order valence-electron chi connectivity index (χ3n) is 7.70. The van der Waals surface area contributed by atoms with E-state index in [9.17, 15) is 39.0 Å². The number of nitrogens with zero attached hydrogens (tertiary/aromatic N) is 4. The lowest BCUT2D eigenvalue weighted by Gasteiger charge is -2.35. The number of β-amino-alcohol motifs (C(OH)–C–C–N with tert-alkyl or cyclic N) is 1. The molecule has 16 nitrogen and oxygen atoms in total. The SMILES string of the molecule is CCOC(=O)N1CCN(C(=O)C(CCC(=O)O)NC(=O)c2cc(OCC(=O)N3C[C@H](O)C[C@H]3C(=O)OC)c3ccccc3n2)CC1. The minimum Gasteiger partial charge on any atom is -0.483 e. The van der Waals surface area contributed by atoms with Crippen LogP contribution in [0.5, 0.6) is 5.75 Å². The number of likely N-dealkylation sites (tertiary alicyclic amines) is 1. The molecule has 0 aliphatic carbocycles. The molecule has 2 fully saturated rings. The van der Waals surface area contributed by atoms with E-state index in [0.717, 1.165) is 0 Å². The summed E-state index contributed by atoms with van der Waals surface area (Å²) in [5, 5.41) is 22.4. The van der Waals surface area contributed by atoms with Gasteiger partial charge in [0.1, 0.15) is 23.5 Å². The third-order valence-corrected chi connectivity index (χ3v) is 7.70. The number of amides is 4. The van der Waals surface area contributed by atoms with Gasteiger partial charge in [0.15, 0.2) is 6.61 Å². The minimum absolute atomic E-state index is 0.0315. The molecule has 0 bridgehead atoms. The molecule has 1 unspecified atom stereocenters. The fraction of sp³-hybridized carbons (Fsp3) is 0.500. The third kappa shape index (κ3) is 8.18. The van der Waals surface area contributed by atoms with Gasteiger partial charge in [-0.2, -0.15) is 0 Å². The highest BCUT2D eigenvalue weighted by Gasteiger charge is 2.40. The van der Waals surface area contributed by atoms with E-state index >= 15 is 0 Å². The molecule has 248 valence electrons. The highest BCUT2D eigenvalue weighted by Crippen LogP contribution is 2.27. The number of hydrogen-bond acceptors (Lipinski definition) is 11. The quantitative estimate of drug-likeness (QED) is 0.277. The number of para-hydroxylation sites is 1. The van der Waals surface area contributed by atoms with E-state index in [1.807, 2.05) is 0 Å². The summed E-state index contributed by atoms with van der Waals surface area (Å²) in [7, 11) is 1.19. The van der Waals surface area contributed by atoms with E-state index in [4.69, 9.17) is 14.2 Å². The van der Waals surface area contributed by atoms with Crippen LogP contribution >= 0.6 is 0 Å². The average molecular weight is 644 g/mol. The van der Waals surface area contributed by atoms with E-state index < -0.39 is 67.0 Å². The summed E-state index contributed by atoms with van der Waals surface area (Å²) >= 11 is 0. The summed E-state index contributed by atoms with van der Waals surface area (Å²) in [4.78, 5) is 83.9. The Morgan fingerprint density at radius 2 is 1.76 bits per heavy atom. The van der Waals surface area contributed by atoms with Crippen LogP contribution in [0.4, 0.5) is 4.79 Å². The summed E-state index contributed by atoms with van der Waals surface area (Å²) in [6, 6.07) is 5.85. The Morgan fingerprint density at radius 3 is 2.43 bits per heavy atom. The van der Waals surface area contributed by atoms with Crippen LogP contribution in [0.15, 0.2) is 30.3 Å². The summed E-state index contributed by atoms with van der Waals surface area (Å²) in [5.74, 6) is -3.55. The van der Waals surface area contributed by atoms with Gasteiger partial charge in [-0.15, -0.1) is 0 Å². The lowest BCUT2D eigenvalue weighted by Crippen LogP contribution is -2.56. The molecular formula is C30H37N5O11. The van der Waals surface area contributed by atoms with Crippen molar-refractivity contribution in [1.29, 1.82) is 0 Å². The molecule has 4 rings (SSSR count). The fourth-order valence-electron chi connectivity index (χ4n) is 5.35. The van der Waals surface area contributed by atoms with Gasteiger partial charge in [0.25, 0.3) is 11.8 Å². The van der Waals surface area contributed by atoms with Crippen molar-refractivity contribution in [1.82, 2.24) is 25.0 Å². The number of methoxy groups -OCH3 is 1. The minimum atomic E-state index is -1.20. The summed E-state index contributed by atoms with van der Waals surface area (Å²) < 4.78 is 15.6. The Morgan fingerprint density at radius 1 is 1.07 bits per heavy atom. The van der Waals surface area contributed by atoms with E-state index in [-0.39, 0.29) is 63.6 Å². The molecular weight excluding hydrogens is 606 g/mol. The summed E-state index contributed by atoms with van der Waals surface area (Å²) in [6.07, 6.45) is -1.94. The van der Waals surface area contributed by atoms with Crippen molar-refractivity contribution in [3.05, 3.63) is 36.0 Å². The van der Waals surface area contributed by atoms with Crippen LogP contribution in [0.2, 0.25) is 0 Å². The number of carbonyl (C=O) groups is 6. The molecule has 16 heteroatoms. The molecule has 3 N–H and O–H groups in total. The Bertz CT molecular complexity index is 1480. The number of benzene rings is 1. The number of carboxylic acid groups (broad SMARTS) is 1. The number of esters is 1. The van der Waals surface area contributed by atoms with Gasteiger partial charge in [0, 0.05) is 57.0 Å². The maximum Gasteiger partial charge on any atom is 0.409 e. The Labute approximate surface area is 264 Å². The van der Waals surface area contributed by atoms with Gasteiger partial charge in [-0.1, -0.05) is 12.1 Å². The highest BCUT2D eigenvalue weighted by atomic mass is 16.6. The number of rotatable bonds is 11. The van der Waals surface area contributed by atoms with Crippen LogP contribution in [0.1, 0.15) is 36.7 Å². The van der Waals surface area contributed by atoms with Crippen molar-refractivity contribution in [3.8, 4) is 5.75 Å². The number of nitrogens with one attached hydrogen (secondary N) is 1. The van der Waals surface area contributed by atoms with Crippen LogP contribution in [0.3, 0.4) is 0 Å². The van der Waals surface area contributed by atoms with E-state index in [0.29, 0.717) is 10.9 Å². The second-order valence-electron chi connectivity index (χ2n) is 10.8. The number of ether oxygens (including phenoxy) is 3. The van der Waals surface area contributed by atoms with Crippen LogP contribution < -0.4 is 10.1 Å². The van der Waals surface area contributed by atoms with Crippen molar-refractivity contribution in [2.75, 3.05) is 53.0 Å². The predicted octanol–water partition coefficient (Wildman–Crippen LogP) is 0.0123. The highest BCUT2D eigenvalue weighted by molar-refractivity contribution is 5.99. The average Bonchev–Trinajstić information content (AvgIpc) is 3.46. The molecule has 2 aromatic rings. The smallest absolute Gasteiger partial charge is 0.409 e. The molecule has 0 radical (unpaired) electrons. The largest absolute Gasteiger partial charge is 0.483 e. The summed E-state index contributed by atoms with van der Waals surface area (Å²) in [5.41, 5.74) is 0.204. The molecule has 46 heavy (non-hydrogen) atoms. The molecule has 3 heterocycles. The first-order valence-electron chi connectivity index (χ1n) is 14.8. The summed E-state index contributed by atoms with van der Waals surface area (Å²) in [6.45, 7) is 2.08. The molecule has 2 aliphatic rings. The van der Waals surface area contributed by atoms with Gasteiger partial charge in [0.2, 0.25) is 5.91 Å². The molecule has 4 amide bonds. The zero-order valence-electron chi connectivity index (χ0n) is 25.5. The number of hydrogen-bond donors (Lipinski definition) is 3. The number of aliphatic hydroxyl groups excluding tert-OH is 1. The topological polar surface area (TPSA) is 205 Å². The number of aliphatic hydroxyl groups is 1. The molecule has 2 saturated heterocycles. The Balaban J connectivity index is 1.50. The molecule has 0 saturated carbocycles. The standard InChI is InChI=1S/C30H37N5O11/c1-3-45-30(43)34-12-10-33(11-13-34)28(41)21(8-9-26(38)39)32-27(40)22-15-24(19-6-4-5-7-20(19)31-22)46-17-25(37)35-16-18(36)14-23(35)29(42)44-2/h4-7,15,18,21,23,36H,3,8-14,16-17H2,1-2H3,(H,32,40)(H,38,39)/t18-,21?,23+/m1/s1. The maximum atomic E-state index is 13.5. The van der Waals surface area contributed by atoms with Gasteiger partial charge in [-0.25, -0.2) is 14.6 Å². The van der Waals surface area contributed by atoms with Gasteiger partial charge in [-0.05, 0) is 25.5 Å². The molecule has 2 aliphatic heterocycles. The number of carbonyl (C=O) groups excluding carboxylic acids is 5. The zero-order chi connectivity index (χ0) is 33.4. The number of carboxylic acids is 1. The van der Waals surface area contributed by atoms with Gasteiger partial charge < -0.3 is 44.4 Å². The van der Waals surface area contributed by atoms with Crippen molar-refractivity contribution in [2.45, 2.75) is 44.4 Å². The first-order valence-corrected chi connectivity index (χ1v) is 14.8. The number of piperazine rings is 1. The van der Waals surface area contributed by atoms with Crippen LogP contribution in [0.25, 0.3) is 10.9 Å². The Kier molecular flexibility index (Phi) is 11.3. The van der Waals surface area contributed by atoms with Crippen molar-refractivity contribution < 1.29 is 53.2 Å². The lowest BCUT2D eigenvalue weighted by molar-refractivity contribution is -0.151. The van der Waals surface area contributed by atoms with E-state index in [1.54, 1.807) is 31.2 Å². The molecule has 0 spiro atoms. The van der Waals surface area contributed by atoms with Crippen LogP contribution in [0, 0.1) is 0 Å². The second-order valence-corrected chi connectivity index (χ2v) is 10.8. The first-order chi connectivity index (χ1) is 22.0. The molecule has 1 aromatic carbocycles. The van der Waals surface area contributed by atoms with Crippen LogP contribution in [-0.4, -0.2) is 137 Å². The monoisotopic (exact) mass is 643 g/mol. The molecule has 1 aromatic heterocycles. The van der Waals surface area contributed by atoms with Gasteiger partial charge in [-0.3, -0.25) is 19.2 Å². The van der Waals surface area contributed by atoms with Gasteiger partial charge in [0.05, 0.1) is 25.3 Å². The Hall–Kier alpha value is -4.99. The number of aliphatic carboxylic acids is 1. The molecule has 3 atom stereocenters. The predicted molar refractivity (Wildman–Crippen MR) is 159 cm³/mol. The normalized spacial score (nSPS) is 18.5. The first kappa shape index (κ1) is 33.9. The number of pyridine rings is 1. The van der Waals surface area contributed by atoms with Crippen molar-refractivity contribution in [2.24, 2.45) is 0 Å². The van der Waals surface area contributed by atoms with Crippen molar-refractivity contribution in [3.63, 3.8) is 0 Å². The number of aromatic nitrogens is 1. The number of fused-ring (bicyclic) bond motifs is 1. The van der Waals surface area contributed by atoms with Crippen LogP contribution in [-0.2, 0) is 28.7 Å². The van der Waals surface area contributed by atoms with Gasteiger partial charge >= 0.3 is 18.0 Å². The second kappa shape index (κ2) is 15.3. The zero-order valence-corrected chi connectivity index (χ0v) is 25.5. The maximum absolute atomic E-state index is 13.5. The fourth-order valence-corrected chi connectivity index (χ4v) is 5.35. The lowest BCUT2D eigenvalue weighted by atomic mass is 10.1. The van der Waals surface area contributed by atoms with Crippen molar-refractivity contribution >= 4 is 46.7 Å². The van der Waals surface area contributed by atoms with E-state index in [1.165, 1.54) is 27.9 Å².